The Hall–Kier alpha value is -3.16. The fraction of sp³-hybridized carbons (Fsp3) is 0.211. The average Bonchev–Trinajstić information content (AvgIpc) is 3.46. The molecule has 0 aliphatic heterocycles. The number of nitrogens with zero attached hydrogens (tertiary/aromatic N) is 3. The van der Waals surface area contributed by atoms with E-state index >= 15 is 0 Å². The van der Waals surface area contributed by atoms with Gasteiger partial charge < -0.3 is 10.6 Å². The van der Waals surface area contributed by atoms with Gasteiger partial charge in [-0.1, -0.05) is 6.07 Å². The van der Waals surface area contributed by atoms with E-state index in [1.165, 1.54) is 6.07 Å². The van der Waals surface area contributed by atoms with Gasteiger partial charge in [-0.15, -0.1) is 0 Å². The van der Waals surface area contributed by atoms with E-state index in [9.17, 15) is 13.2 Å². The van der Waals surface area contributed by atoms with E-state index in [1.54, 1.807) is 30.6 Å². The number of aromatic nitrogens is 3. The summed E-state index contributed by atoms with van der Waals surface area (Å²) in [5.74, 6) is 0.847. The molecule has 27 heavy (non-hydrogen) atoms. The summed E-state index contributed by atoms with van der Waals surface area (Å²) in [7, 11) is 0. The van der Waals surface area contributed by atoms with Crippen LogP contribution in [0.5, 0.6) is 0 Å². The molecule has 5 nitrogen and oxygen atoms in total. The molecule has 0 amide bonds. The zero-order valence-corrected chi connectivity index (χ0v) is 14.2. The highest BCUT2D eigenvalue weighted by molar-refractivity contribution is 5.67. The van der Waals surface area contributed by atoms with Crippen LogP contribution in [0.25, 0.3) is 11.3 Å². The van der Waals surface area contributed by atoms with Gasteiger partial charge in [0, 0.05) is 35.8 Å². The summed E-state index contributed by atoms with van der Waals surface area (Å²) in [6.07, 6.45) is 1.05. The van der Waals surface area contributed by atoms with Crippen molar-refractivity contribution in [3.05, 3.63) is 60.4 Å². The van der Waals surface area contributed by atoms with Crippen LogP contribution in [0.2, 0.25) is 0 Å². The highest BCUT2D eigenvalue weighted by Crippen LogP contribution is 2.32. The lowest BCUT2D eigenvalue weighted by molar-refractivity contribution is -0.137. The first-order chi connectivity index (χ1) is 13.0. The monoisotopic (exact) mass is 371 g/mol. The molecule has 0 spiro atoms. The molecule has 1 saturated carbocycles. The lowest BCUT2D eigenvalue weighted by Crippen LogP contribution is -2.08. The Kier molecular flexibility index (Phi) is 4.39. The van der Waals surface area contributed by atoms with Crippen LogP contribution >= 0.6 is 0 Å². The predicted molar refractivity (Wildman–Crippen MR) is 96.6 cm³/mol. The third-order valence-corrected chi connectivity index (χ3v) is 4.06. The third kappa shape index (κ3) is 4.33. The number of nitrogens with one attached hydrogen (secondary N) is 2. The van der Waals surface area contributed by atoms with Gasteiger partial charge in [-0.2, -0.15) is 18.2 Å². The second-order valence-electron chi connectivity index (χ2n) is 6.33. The summed E-state index contributed by atoms with van der Waals surface area (Å²) in [5.41, 5.74) is 1.02. The van der Waals surface area contributed by atoms with E-state index in [0.717, 1.165) is 30.5 Å². The van der Waals surface area contributed by atoms with E-state index < -0.39 is 11.7 Å². The highest BCUT2D eigenvalue weighted by Gasteiger charge is 2.30. The molecule has 0 unspecified atom stereocenters. The molecular weight excluding hydrogens is 355 g/mol. The summed E-state index contributed by atoms with van der Waals surface area (Å²) in [5, 5.41) is 6.17. The molecule has 138 valence electrons. The molecule has 2 aromatic heterocycles. The van der Waals surface area contributed by atoms with Crippen LogP contribution < -0.4 is 10.6 Å². The number of alkyl halides is 3. The smallest absolute Gasteiger partial charge is 0.351 e. The molecule has 0 saturated heterocycles. The van der Waals surface area contributed by atoms with Gasteiger partial charge in [-0.25, -0.2) is 4.98 Å². The largest absolute Gasteiger partial charge is 0.416 e. The normalized spacial score (nSPS) is 14.0. The number of benzene rings is 1. The molecule has 3 aromatic rings. The van der Waals surface area contributed by atoms with E-state index in [2.05, 4.69) is 25.6 Å². The molecule has 0 bridgehead atoms. The van der Waals surface area contributed by atoms with E-state index in [-0.39, 0.29) is 0 Å². The number of hydrogen-bond acceptors (Lipinski definition) is 5. The first-order valence-corrected chi connectivity index (χ1v) is 8.48. The Morgan fingerprint density at radius 3 is 2.56 bits per heavy atom. The fourth-order valence-corrected chi connectivity index (χ4v) is 2.57. The van der Waals surface area contributed by atoms with Gasteiger partial charge in [0.1, 0.15) is 5.82 Å². The minimum absolute atomic E-state index is 0.304. The van der Waals surface area contributed by atoms with Crippen molar-refractivity contribution in [2.24, 2.45) is 0 Å². The van der Waals surface area contributed by atoms with E-state index in [4.69, 9.17) is 0 Å². The minimum Gasteiger partial charge on any atom is -0.351 e. The van der Waals surface area contributed by atoms with Gasteiger partial charge in [0.2, 0.25) is 5.95 Å². The van der Waals surface area contributed by atoms with Crippen molar-refractivity contribution in [3.63, 3.8) is 0 Å². The van der Waals surface area contributed by atoms with Gasteiger partial charge in [-0.05, 0) is 43.2 Å². The first kappa shape index (κ1) is 17.3. The molecule has 1 fully saturated rings. The van der Waals surface area contributed by atoms with Crippen molar-refractivity contribution in [3.8, 4) is 11.3 Å². The van der Waals surface area contributed by atoms with Crippen LogP contribution in [-0.2, 0) is 6.18 Å². The molecule has 2 N–H and O–H groups in total. The Morgan fingerprint density at radius 1 is 1.00 bits per heavy atom. The lowest BCUT2D eigenvalue weighted by atomic mass is 10.2. The molecule has 1 aliphatic carbocycles. The fourth-order valence-electron chi connectivity index (χ4n) is 2.57. The maximum Gasteiger partial charge on any atom is 0.416 e. The topological polar surface area (TPSA) is 62.7 Å². The Morgan fingerprint density at radius 2 is 1.85 bits per heavy atom. The van der Waals surface area contributed by atoms with Crippen LogP contribution in [0.4, 0.5) is 30.6 Å². The molecule has 0 atom stereocenters. The quantitative estimate of drug-likeness (QED) is 0.670. The second kappa shape index (κ2) is 6.86. The summed E-state index contributed by atoms with van der Waals surface area (Å²) in [6, 6.07) is 10.7. The maximum absolute atomic E-state index is 12.9. The van der Waals surface area contributed by atoms with Crippen molar-refractivity contribution >= 4 is 17.5 Å². The van der Waals surface area contributed by atoms with Crippen LogP contribution in [0.3, 0.4) is 0 Å². The second-order valence-corrected chi connectivity index (χ2v) is 6.33. The number of pyridine rings is 1. The van der Waals surface area contributed by atoms with Gasteiger partial charge in [0.05, 0.1) is 11.3 Å². The Labute approximate surface area is 153 Å². The number of halogens is 3. The number of anilines is 3. The van der Waals surface area contributed by atoms with Crippen molar-refractivity contribution in [2.75, 3.05) is 10.6 Å². The van der Waals surface area contributed by atoms with Crippen LogP contribution in [0.1, 0.15) is 18.4 Å². The van der Waals surface area contributed by atoms with Crippen LogP contribution in [0.15, 0.2) is 54.9 Å². The lowest BCUT2D eigenvalue weighted by Gasteiger charge is -2.12. The van der Waals surface area contributed by atoms with Crippen molar-refractivity contribution in [1.29, 1.82) is 0 Å². The van der Waals surface area contributed by atoms with E-state index in [1.807, 2.05) is 6.07 Å². The average molecular weight is 371 g/mol. The van der Waals surface area contributed by atoms with Crippen LogP contribution in [0, 0.1) is 0 Å². The van der Waals surface area contributed by atoms with Crippen molar-refractivity contribution in [2.45, 2.75) is 25.1 Å². The predicted octanol–water partition coefficient (Wildman–Crippen LogP) is 4.88. The zero-order valence-electron chi connectivity index (χ0n) is 14.2. The van der Waals surface area contributed by atoms with Gasteiger partial charge in [-0.3, -0.25) is 4.98 Å². The van der Waals surface area contributed by atoms with Crippen LogP contribution in [-0.4, -0.2) is 21.0 Å². The standard InChI is InChI=1S/C19H16F3N5/c20-19(21,22)13-4-1-5-15(9-13)24-17-10-16(12-3-2-8-23-11-12)26-18(27-17)25-14-6-7-14/h1-5,8-11,14H,6-7H2,(H2,24,25,26,27). The Balaban J connectivity index is 1.67. The first-order valence-electron chi connectivity index (χ1n) is 8.48. The molecule has 4 rings (SSSR count). The van der Waals surface area contributed by atoms with Gasteiger partial charge in [0.15, 0.2) is 0 Å². The Bertz CT molecular complexity index is 940. The molecular formula is C19H16F3N5. The molecule has 1 aliphatic rings. The summed E-state index contributed by atoms with van der Waals surface area (Å²) in [4.78, 5) is 13.0. The van der Waals surface area contributed by atoms with Gasteiger partial charge in [0.25, 0.3) is 0 Å². The van der Waals surface area contributed by atoms with E-state index in [0.29, 0.717) is 29.2 Å². The van der Waals surface area contributed by atoms with Crippen molar-refractivity contribution in [1.82, 2.24) is 15.0 Å². The summed E-state index contributed by atoms with van der Waals surface area (Å²) in [6.45, 7) is 0. The highest BCUT2D eigenvalue weighted by atomic mass is 19.4. The number of hydrogen-bond donors (Lipinski definition) is 2. The molecule has 2 heterocycles. The molecule has 0 radical (unpaired) electrons. The third-order valence-electron chi connectivity index (χ3n) is 4.06. The zero-order chi connectivity index (χ0) is 18.9. The van der Waals surface area contributed by atoms with Crippen molar-refractivity contribution < 1.29 is 13.2 Å². The van der Waals surface area contributed by atoms with Gasteiger partial charge >= 0.3 is 6.18 Å². The number of rotatable bonds is 5. The maximum atomic E-state index is 12.9. The summed E-state index contributed by atoms with van der Waals surface area (Å²) < 4.78 is 38.8. The molecule has 1 aromatic carbocycles. The minimum atomic E-state index is -4.40. The summed E-state index contributed by atoms with van der Waals surface area (Å²) >= 11 is 0. The molecule has 8 heteroatoms. The SMILES string of the molecule is FC(F)(F)c1cccc(Nc2cc(-c3cccnc3)nc(NC3CC3)n2)c1.